The van der Waals surface area contributed by atoms with Gasteiger partial charge in [-0.1, -0.05) is 95.0 Å². The molecule has 26 heavy (non-hydrogen) atoms. The predicted molar refractivity (Wildman–Crippen MR) is 114 cm³/mol. The Kier molecular flexibility index (Phi) is 10.1. The van der Waals surface area contributed by atoms with Gasteiger partial charge in [0.2, 0.25) is 0 Å². The molecule has 142 valence electrons. The number of rotatable bonds is 13. The van der Waals surface area contributed by atoms with Gasteiger partial charge in [-0.3, -0.25) is 4.98 Å². The fourth-order valence-electron chi connectivity index (χ4n) is 3.72. The number of hydrogen-bond acceptors (Lipinski definition) is 1. The highest BCUT2D eigenvalue weighted by Gasteiger charge is 2.08. The first-order valence-corrected chi connectivity index (χ1v) is 10.8. The molecule has 2 aromatic rings. The summed E-state index contributed by atoms with van der Waals surface area (Å²) in [5, 5.41) is 0. The normalized spacial score (nSPS) is 11.0. The SMILES string of the molecule is CCCCCCCCCCCCc1c(C)ccnc1Cc1ccccc1. The standard InChI is InChI=1S/C25H37N/c1-3-4-5-6-7-8-9-10-11-15-18-24-22(2)19-20-26-25(24)21-23-16-13-12-14-17-23/h12-14,16-17,19-20H,3-11,15,18,21H2,1-2H3. The molecular formula is C25H37N. The van der Waals surface area contributed by atoms with Gasteiger partial charge in [-0.15, -0.1) is 0 Å². The van der Waals surface area contributed by atoms with Crippen molar-refractivity contribution in [1.29, 1.82) is 0 Å². The number of pyridine rings is 1. The van der Waals surface area contributed by atoms with Crippen LogP contribution in [-0.2, 0) is 12.8 Å². The molecule has 0 unspecified atom stereocenters. The minimum atomic E-state index is 0.954. The van der Waals surface area contributed by atoms with Gasteiger partial charge in [0, 0.05) is 18.3 Å². The third kappa shape index (κ3) is 7.72. The van der Waals surface area contributed by atoms with Crippen LogP contribution in [0.25, 0.3) is 0 Å². The predicted octanol–water partition coefficient (Wildman–Crippen LogP) is 7.44. The van der Waals surface area contributed by atoms with Crippen LogP contribution in [0.1, 0.15) is 93.5 Å². The van der Waals surface area contributed by atoms with Gasteiger partial charge in [0.25, 0.3) is 0 Å². The van der Waals surface area contributed by atoms with E-state index in [0.29, 0.717) is 0 Å². The Morgan fingerprint density at radius 3 is 2.00 bits per heavy atom. The second-order valence-corrected chi connectivity index (χ2v) is 7.65. The summed E-state index contributed by atoms with van der Waals surface area (Å²) >= 11 is 0. The van der Waals surface area contributed by atoms with Gasteiger partial charge in [-0.05, 0) is 42.5 Å². The molecule has 0 fully saturated rings. The molecule has 1 aromatic heterocycles. The highest BCUT2D eigenvalue weighted by molar-refractivity contribution is 5.33. The van der Waals surface area contributed by atoms with Crippen LogP contribution >= 0.6 is 0 Å². The summed E-state index contributed by atoms with van der Waals surface area (Å²) in [5.74, 6) is 0. The minimum Gasteiger partial charge on any atom is -0.261 e. The number of benzene rings is 1. The molecule has 0 bridgehead atoms. The molecule has 0 N–H and O–H groups in total. The van der Waals surface area contributed by atoms with Gasteiger partial charge < -0.3 is 0 Å². The Labute approximate surface area is 161 Å². The highest BCUT2D eigenvalue weighted by atomic mass is 14.7. The summed E-state index contributed by atoms with van der Waals surface area (Å²) < 4.78 is 0. The summed E-state index contributed by atoms with van der Waals surface area (Å²) in [7, 11) is 0. The van der Waals surface area contributed by atoms with E-state index >= 15 is 0 Å². The molecule has 0 aliphatic carbocycles. The van der Waals surface area contributed by atoms with Crippen molar-refractivity contribution in [2.45, 2.75) is 90.9 Å². The van der Waals surface area contributed by atoms with E-state index in [-0.39, 0.29) is 0 Å². The summed E-state index contributed by atoms with van der Waals surface area (Å²) in [4.78, 5) is 4.70. The zero-order valence-corrected chi connectivity index (χ0v) is 17.0. The quantitative estimate of drug-likeness (QED) is 0.342. The molecule has 0 aliphatic rings. The van der Waals surface area contributed by atoms with Crippen LogP contribution in [0.4, 0.5) is 0 Å². The third-order valence-corrected chi connectivity index (χ3v) is 5.37. The maximum Gasteiger partial charge on any atom is 0.0481 e. The first-order valence-electron chi connectivity index (χ1n) is 10.8. The van der Waals surface area contributed by atoms with Gasteiger partial charge in [-0.25, -0.2) is 0 Å². The van der Waals surface area contributed by atoms with E-state index in [2.05, 4.69) is 50.2 Å². The largest absolute Gasteiger partial charge is 0.261 e. The van der Waals surface area contributed by atoms with E-state index in [1.807, 2.05) is 6.20 Å². The number of aryl methyl sites for hydroxylation is 1. The maximum absolute atomic E-state index is 4.70. The van der Waals surface area contributed by atoms with Crippen LogP contribution in [0.2, 0.25) is 0 Å². The van der Waals surface area contributed by atoms with E-state index in [1.54, 1.807) is 0 Å². The lowest BCUT2D eigenvalue weighted by Crippen LogP contribution is -2.02. The number of nitrogens with zero attached hydrogens (tertiary/aromatic N) is 1. The van der Waals surface area contributed by atoms with E-state index in [9.17, 15) is 0 Å². The maximum atomic E-state index is 4.70. The van der Waals surface area contributed by atoms with Crippen molar-refractivity contribution in [3.8, 4) is 0 Å². The van der Waals surface area contributed by atoms with Gasteiger partial charge in [0.05, 0.1) is 0 Å². The minimum absolute atomic E-state index is 0.954. The molecule has 1 aromatic carbocycles. The summed E-state index contributed by atoms with van der Waals surface area (Å²) in [5.41, 5.74) is 5.51. The topological polar surface area (TPSA) is 12.9 Å². The highest BCUT2D eigenvalue weighted by Crippen LogP contribution is 2.19. The van der Waals surface area contributed by atoms with Gasteiger partial charge in [-0.2, -0.15) is 0 Å². The van der Waals surface area contributed by atoms with Crippen LogP contribution in [0, 0.1) is 6.92 Å². The van der Waals surface area contributed by atoms with Gasteiger partial charge >= 0.3 is 0 Å². The van der Waals surface area contributed by atoms with Crippen LogP contribution in [0.5, 0.6) is 0 Å². The molecule has 0 spiro atoms. The van der Waals surface area contributed by atoms with E-state index in [1.165, 1.54) is 93.0 Å². The summed E-state index contributed by atoms with van der Waals surface area (Å²) in [6, 6.07) is 12.9. The third-order valence-electron chi connectivity index (χ3n) is 5.37. The fourth-order valence-corrected chi connectivity index (χ4v) is 3.72. The Bertz CT molecular complexity index is 603. The average molecular weight is 352 g/mol. The Morgan fingerprint density at radius 2 is 1.35 bits per heavy atom. The van der Waals surface area contributed by atoms with Gasteiger partial charge in [0.15, 0.2) is 0 Å². The fraction of sp³-hybridized carbons (Fsp3) is 0.560. The van der Waals surface area contributed by atoms with Crippen molar-refractivity contribution in [2.24, 2.45) is 0 Å². The van der Waals surface area contributed by atoms with E-state index in [4.69, 9.17) is 4.98 Å². The molecule has 0 aliphatic heterocycles. The van der Waals surface area contributed by atoms with Crippen molar-refractivity contribution in [3.05, 3.63) is 65.0 Å². The van der Waals surface area contributed by atoms with Crippen molar-refractivity contribution in [2.75, 3.05) is 0 Å². The molecule has 0 amide bonds. The zero-order chi connectivity index (χ0) is 18.5. The number of hydrogen-bond donors (Lipinski definition) is 0. The first kappa shape index (κ1) is 20.7. The van der Waals surface area contributed by atoms with Crippen molar-refractivity contribution in [3.63, 3.8) is 0 Å². The molecule has 0 radical (unpaired) electrons. The number of aromatic nitrogens is 1. The molecule has 0 saturated heterocycles. The number of unbranched alkanes of at least 4 members (excludes halogenated alkanes) is 9. The monoisotopic (exact) mass is 351 g/mol. The zero-order valence-electron chi connectivity index (χ0n) is 17.0. The van der Waals surface area contributed by atoms with Crippen molar-refractivity contribution >= 4 is 0 Å². The lowest BCUT2D eigenvalue weighted by atomic mass is 9.96. The molecule has 1 heterocycles. The molecular weight excluding hydrogens is 314 g/mol. The smallest absolute Gasteiger partial charge is 0.0481 e. The van der Waals surface area contributed by atoms with E-state index in [0.717, 1.165) is 6.42 Å². The second-order valence-electron chi connectivity index (χ2n) is 7.65. The Hall–Kier alpha value is -1.63. The van der Waals surface area contributed by atoms with Crippen LogP contribution in [0.3, 0.4) is 0 Å². The van der Waals surface area contributed by atoms with Crippen LogP contribution in [0.15, 0.2) is 42.6 Å². The van der Waals surface area contributed by atoms with Crippen molar-refractivity contribution in [1.82, 2.24) is 4.98 Å². The van der Waals surface area contributed by atoms with E-state index < -0.39 is 0 Å². The molecule has 0 saturated carbocycles. The molecule has 1 nitrogen and oxygen atoms in total. The molecule has 0 atom stereocenters. The summed E-state index contributed by atoms with van der Waals surface area (Å²) in [6.07, 6.45) is 18.0. The molecule has 1 heteroatoms. The van der Waals surface area contributed by atoms with Crippen LogP contribution < -0.4 is 0 Å². The average Bonchev–Trinajstić information content (AvgIpc) is 2.66. The summed E-state index contributed by atoms with van der Waals surface area (Å²) in [6.45, 7) is 4.52. The lowest BCUT2D eigenvalue weighted by Gasteiger charge is -2.12. The Morgan fingerprint density at radius 1 is 0.731 bits per heavy atom. The van der Waals surface area contributed by atoms with Crippen LogP contribution in [-0.4, -0.2) is 4.98 Å². The molecule has 2 rings (SSSR count). The Balaban J connectivity index is 1.70. The second kappa shape index (κ2) is 12.7. The van der Waals surface area contributed by atoms with Crippen molar-refractivity contribution < 1.29 is 0 Å². The first-order chi connectivity index (χ1) is 12.8. The van der Waals surface area contributed by atoms with Gasteiger partial charge in [0.1, 0.15) is 0 Å². The lowest BCUT2D eigenvalue weighted by molar-refractivity contribution is 0.556.